The molecule has 0 atom stereocenters. The second-order valence-corrected chi connectivity index (χ2v) is 5.24. The molecule has 102 valence electrons. The van der Waals surface area contributed by atoms with Gasteiger partial charge in [-0.05, 0) is 45.7 Å². The molecule has 21 heavy (non-hydrogen) atoms. The molecule has 2 N–H and O–H groups in total. The number of aromatic nitrogens is 2. The fourth-order valence-corrected chi connectivity index (χ4v) is 2.69. The predicted octanol–water partition coefficient (Wildman–Crippen LogP) is 3.61. The topological polar surface area (TPSA) is 43.3 Å². The summed E-state index contributed by atoms with van der Waals surface area (Å²) in [7, 11) is 0. The van der Waals surface area contributed by atoms with E-state index < -0.39 is 0 Å². The van der Waals surface area contributed by atoms with Gasteiger partial charge in [-0.15, -0.1) is 0 Å². The average molecular weight is 273 g/mol. The van der Waals surface area contributed by atoms with E-state index in [1.165, 1.54) is 21.9 Å². The van der Waals surface area contributed by atoms with E-state index in [4.69, 9.17) is 5.73 Å². The molecule has 0 fully saturated rings. The van der Waals surface area contributed by atoms with Crippen LogP contribution in [0.2, 0.25) is 0 Å². The van der Waals surface area contributed by atoms with E-state index in [9.17, 15) is 0 Å². The fourth-order valence-electron chi connectivity index (χ4n) is 2.69. The minimum atomic E-state index is 0.571. The van der Waals surface area contributed by atoms with Crippen molar-refractivity contribution in [2.45, 2.75) is 6.54 Å². The van der Waals surface area contributed by atoms with E-state index in [1.54, 1.807) is 0 Å². The Morgan fingerprint density at radius 2 is 1.76 bits per heavy atom. The van der Waals surface area contributed by atoms with Gasteiger partial charge in [-0.3, -0.25) is 0 Å². The summed E-state index contributed by atoms with van der Waals surface area (Å²) >= 11 is 0. The van der Waals surface area contributed by atoms with Crippen molar-refractivity contribution in [2.24, 2.45) is 5.73 Å². The van der Waals surface area contributed by atoms with Crippen LogP contribution < -0.4 is 5.73 Å². The van der Waals surface area contributed by atoms with Gasteiger partial charge < -0.3 is 10.1 Å². The minimum Gasteiger partial charge on any atom is -0.326 e. The van der Waals surface area contributed by atoms with Crippen LogP contribution in [-0.4, -0.2) is 9.38 Å². The second kappa shape index (κ2) is 4.72. The van der Waals surface area contributed by atoms with Gasteiger partial charge in [-0.2, -0.15) is 0 Å². The maximum atomic E-state index is 5.73. The van der Waals surface area contributed by atoms with E-state index >= 15 is 0 Å². The lowest BCUT2D eigenvalue weighted by molar-refractivity contribution is 1.08. The summed E-state index contributed by atoms with van der Waals surface area (Å²) in [6.07, 6.45) is 5.79. The molecule has 2 aromatic carbocycles. The number of fused-ring (bicyclic) bond motifs is 2. The maximum absolute atomic E-state index is 5.73. The lowest BCUT2D eigenvalue weighted by atomic mass is 10.0. The molecule has 4 aromatic rings. The Bertz CT molecular complexity index is 937. The molecule has 0 spiro atoms. The molecule has 3 heteroatoms. The number of pyridine rings is 1. The van der Waals surface area contributed by atoms with E-state index in [2.05, 4.69) is 59.7 Å². The first kappa shape index (κ1) is 12.1. The highest BCUT2D eigenvalue weighted by molar-refractivity contribution is 5.88. The second-order valence-electron chi connectivity index (χ2n) is 5.24. The summed E-state index contributed by atoms with van der Waals surface area (Å²) in [5.41, 5.74) is 10.4. The van der Waals surface area contributed by atoms with Crippen molar-refractivity contribution >= 4 is 16.3 Å². The smallest absolute Gasteiger partial charge is 0.0992 e. The van der Waals surface area contributed by atoms with Crippen molar-refractivity contribution in [1.29, 1.82) is 0 Å². The molecule has 2 aromatic heterocycles. The SMILES string of the molecule is NCc1ccc2ccc(-c3ccc4cncn4c3)cc2c1. The Morgan fingerprint density at radius 3 is 2.67 bits per heavy atom. The van der Waals surface area contributed by atoms with Crippen LogP contribution in [0.1, 0.15) is 5.56 Å². The molecule has 2 heterocycles. The first-order valence-electron chi connectivity index (χ1n) is 6.98. The monoisotopic (exact) mass is 273 g/mol. The van der Waals surface area contributed by atoms with E-state index in [0.29, 0.717) is 6.54 Å². The Balaban J connectivity index is 1.88. The van der Waals surface area contributed by atoms with Gasteiger partial charge in [0.1, 0.15) is 0 Å². The van der Waals surface area contributed by atoms with Crippen molar-refractivity contribution < 1.29 is 0 Å². The summed E-state index contributed by atoms with van der Waals surface area (Å²) < 4.78 is 2.04. The zero-order chi connectivity index (χ0) is 14.2. The van der Waals surface area contributed by atoms with Crippen molar-refractivity contribution in [3.05, 3.63) is 72.8 Å². The highest BCUT2D eigenvalue weighted by Crippen LogP contribution is 2.25. The number of rotatable bonds is 2. The number of imidazole rings is 1. The molecule has 0 saturated heterocycles. The van der Waals surface area contributed by atoms with Crippen LogP contribution in [0, 0.1) is 0 Å². The molecular formula is C18H15N3. The minimum absolute atomic E-state index is 0.571. The molecule has 0 saturated carbocycles. The first-order valence-corrected chi connectivity index (χ1v) is 6.98. The zero-order valence-corrected chi connectivity index (χ0v) is 11.5. The molecule has 0 aliphatic rings. The van der Waals surface area contributed by atoms with Gasteiger partial charge in [-0.1, -0.05) is 30.3 Å². The third-order valence-corrected chi connectivity index (χ3v) is 3.88. The number of hydrogen-bond acceptors (Lipinski definition) is 2. The highest BCUT2D eigenvalue weighted by atomic mass is 15.0. The normalized spacial score (nSPS) is 11.3. The lowest BCUT2D eigenvalue weighted by Crippen LogP contribution is -1.95. The van der Waals surface area contributed by atoms with Crippen LogP contribution in [0.15, 0.2) is 67.3 Å². The summed E-state index contributed by atoms with van der Waals surface area (Å²) in [5, 5.41) is 2.46. The number of nitrogens with zero attached hydrogens (tertiary/aromatic N) is 2. The zero-order valence-electron chi connectivity index (χ0n) is 11.5. The van der Waals surface area contributed by atoms with Crippen molar-refractivity contribution in [3.8, 4) is 11.1 Å². The number of nitrogens with two attached hydrogens (primary N) is 1. The third-order valence-electron chi connectivity index (χ3n) is 3.88. The largest absolute Gasteiger partial charge is 0.326 e. The van der Waals surface area contributed by atoms with Crippen molar-refractivity contribution in [3.63, 3.8) is 0 Å². The molecule has 0 radical (unpaired) electrons. The van der Waals surface area contributed by atoms with Gasteiger partial charge in [0.25, 0.3) is 0 Å². The van der Waals surface area contributed by atoms with Gasteiger partial charge in [-0.25, -0.2) is 4.98 Å². The summed E-state index contributed by atoms with van der Waals surface area (Å²) in [5.74, 6) is 0. The van der Waals surface area contributed by atoms with Crippen LogP contribution in [0.3, 0.4) is 0 Å². The molecule has 0 bridgehead atoms. The van der Waals surface area contributed by atoms with E-state index in [-0.39, 0.29) is 0 Å². The summed E-state index contributed by atoms with van der Waals surface area (Å²) in [6.45, 7) is 0.571. The maximum Gasteiger partial charge on any atom is 0.0992 e. The Morgan fingerprint density at radius 1 is 0.905 bits per heavy atom. The van der Waals surface area contributed by atoms with Gasteiger partial charge in [0.2, 0.25) is 0 Å². The fraction of sp³-hybridized carbons (Fsp3) is 0.0556. The molecular weight excluding hydrogens is 258 g/mol. The van der Waals surface area contributed by atoms with Crippen LogP contribution in [0.4, 0.5) is 0 Å². The number of benzene rings is 2. The average Bonchev–Trinajstić information content (AvgIpc) is 3.01. The summed E-state index contributed by atoms with van der Waals surface area (Å²) in [4.78, 5) is 4.16. The van der Waals surface area contributed by atoms with E-state index in [1.807, 2.05) is 16.9 Å². The van der Waals surface area contributed by atoms with Crippen LogP contribution in [-0.2, 0) is 6.54 Å². The van der Waals surface area contributed by atoms with Gasteiger partial charge in [0.15, 0.2) is 0 Å². The van der Waals surface area contributed by atoms with Gasteiger partial charge >= 0.3 is 0 Å². The quantitative estimate of drug-likeness (QED) is 0.606. The van der Waals surface area contributed by atoms with Gasteiger partial charge in [0.05, 0.1) is 18.0 Å². The molecule has 0 amide bonds. The number of hydrogen-bond donors (Lipinski definition) is 1. The first-order chi connectivity index (χ1) is 10.3. The van der Waals surface area contributed by atoms with Crippen LogP contribution in [0.25, 0.3) is 27.4 Å². The molecule has 0 aliphatic heterocycles. The Kier molecular flexibility index (Phi) is 2.72. The molecule has 0 aliphatic carbocycles. The standard InChI is InChI=1S/C18H15N3/c19-9-13-1-2-14-3-4-15(8-17(14)7-13)16-5-6-18-10-20-12-21(18)11-16/h1-8,10-12H,9,19H2. The van der Waals surface area contributed by atoms with Gasteiger partial charge in [0, 0.05) is 12.7 Å². The highest BCUT2D eigenvalue weighted by Gasteiger charge is 2.02. The lowest BCUT2D eigenvalue weighted by Gasteiger charge is -2.06. The van der Waals surface area contributed by atoms with E-state index in [0.717, 1.165) is 11.1 Å². The molecule has 0 unspecified atom stereocenters. The van der Waals surface area contributed by atoms with Crippen molar-refractivity contribution in [2.75, 3.05) is 0 Å². The Labute approximate surface area is 122 Å². The predicted molar refractivity (Wildman–Crippen MR) is 86.0 cm³/mol. The van der Waals surface area contributed by atoms with Crippen molar-refractivity contribution in [1.82, 2.24) is 9.38 Å². The third kappa shape index (κ3) is 2.08. The molecule has 4 rings (SSSR count). The molecule has 3 nitrogen and oxygen atoms in total. The van der Waals surface area contributed by atoms with Crippen LogP contribution >= 0.6 is 0 Å². The Hall–Kier alpha value is -2.65. The summed E-state index contributed by atoms with van der Waals surface area (Å²) in [6, 6.07) is 17.1. The van der Waals surface area contributed by atoms with Crippen LogP contribution in [0.5, 0.6) is 0 Å².